The third kappa shape index (κ3) is 6.83. The molecule has 27 heavy (non-hydrogen) atoms. The first-order chi connectivity index (χ1) is 12.3. The topological polar surface area (TPSA) is 55.8 Å². The van der Waals surface area contributed by atoms with E-state index in [-0.39, 0.29) is 11.9 Å². The Morgan fingerprint density at radius 2 is 1.74 bits per heavy atom. The molecule has 5 nitrogen and oxygen atoms in total. The summed E-state index contributed by atoms with van der Waals surface area (Å²) in [5.74, 6) is -0.200. The van der Waals surface area contributed by atoms with Gasteiger partial charge in [-0.1, -0.05) is 28.1 Å². The molecule has 1 aromatic carbocycles. The molecule has 1 aromatic rings. The Morgan fingerprint density at radius 1 is 1.11 bits per heavy atom. The summed E-state index contributed by atoms with van der Waals surface area (Å²) in [6, 6.07) is 7.48. The van der Waals surface area contributed by atoms with Crippen molar-refractivity contribution in [2.24, 2.45) is 5.92 Å². The highest BCUT2D eigenvalue weighted by Gasteiger charge is 2.43. The number of carbonyl (C=O) groups is 2. The van der Waals surface area contributed by atoms with Crippen molar-refractivity contribution in [1.82, 2.24) is 4.90 Å². The average molecular weight is 440 g/mol. The van der Waals surface area contributed by atoms with Gasteiger partial charge >= 0.3 is 12.1 Å². The van der Waals surface area contributed by atoms with E-state index >= 15 is 0 Å². The van der Waals surface area contributed by atoms with Crippen LogP contribution in [0.4, 0.5) is 4.79 Å². The van der Waals surface area contributed by atoms with E-state index in [1.165, 1.54) is 10.5 Å². The molecule has 0 aliphatic carbocycles. The maximum Gasteiger partial charge on any atom is 0.411 e. The second-order valence-corrected chi connectivity index (χ2v) is 10.0. The Labute approximate surface area is 170 Å². The fourth-order valence-electron chi connectivity index (χ4n) is 3.18. The van der Waals surface area contributed by atoms with Gasteiger partial charge in [0.25, 0.3) is 0 Å². The molecule has 6 heteroatoms. The number of amides is 1. The van der Waals surface area contributed by atoms with Crippen molar-refractivity contribution in [2.75, 3.05) is 6.54 Å². The van der Waals surface area contributed by atoms with E-state index in [1.54, 1.807) is 0 Å². The van der Waals surface area contributed by atoms with E-state index in [2.05, 4.69) is 28.1 Å². The number of esters is 1. The van der Waals surface area contributed by atoms with E-state index < -0.39 is 23.3 Å². The first kappa shape index (κ1) is 21.7. The van der Waals surface area contributed by atoms with Crippen molar-refractivity contribution in [3.8, 4) is 0 Å². The number of carbonyl (C=O) groups excluding carboxylic acids is 2. The van der Waals surface area contributed by atoms with Crippen LogP contribution in [-0.2, 0) is 20.7 Å². The first-order valence-electron chi connectivity index (χ1n) is 9.31. The summed E-state index contributed by atoms with van der Waals surface area (Å²) in [5.41, 5.74) is -0.0415. The zero-order chi connectivity index (χ0) is 20.4. The monoisotopic (exact) mass is 439 g/mol. The van der Waals surface area contributed by atoms with Gasteiger partial charge < -0.3 is 9.47 Å². The lowest BCUT2D eigenvalue weighted by atomic mass is 9.97. The molecule has 1 saturated heterocycles. The van der Waals surface area contributed by atoms with E-state index in [0.717, 1.165) is 10.9 Å². The number of benzene rings is 1. The van der Waals surface area contributed by atoms with Crippen molar-refractivity contribution in [3.05, 3.63) is 34.3 Å². The third-order valence-electron chi connectivity index (χ3n) is 4.11. The molecule has 1 heterocycles. The molecule has 0 bridgehead atoms. The zero-order valence-corrected chi connectivity index (χ0v) is 18.6. The van der Waals surface area contributed by atoms with E-state index in [9.17, 15) is 9.59 Å². The lowest BCUT2D eigenvalue weighted by molar-refractivity contribution is -0.160. The minimum absolute atomic E-state index is 0.171. The van der Waals surface area contributed by atoms with Crippen molar-refractivity contribution >= 4 is 28.0 Å². The van der Waals surface area contributed by atoms with E-state index in [4.69, 9.17) is 9.47 Å². The van der Waals surface area contributed by atoms with Crippen LogP contribution in [-0.4, -0.2) is 40.8 Å². The molecule has 0 radical (unpaired) electrons. The van der Waals surface area contributed by atoms with Crippen LogP contribution in [0.1, 0.15) is 53.5 Å². The Morgan fingerprint density at radius 3 is 2.30 bits per heavy atom. The second kappa shape index (κ2) is 8.21. The number of hydrogen-bond donors (Lipinski definition) is 0. The van der Waals surface area contributed by atoms with Crippen LogP contribution in [0.15, 0.2) is 28.7 Å². The Kier molecular flexibility index (Phi) is 6.61. The quantitative estimate of drug-likeness (QED) is 0.624. The SMILES string of the molecule is CC(C)(C)OC(=O)[C@@H]1C[C@H](Cc2cccc(Br)c2)CN1C(=O)OC(C)(C)C. The van der Waals surface area contributed by atoms with Crippen molar-refractivity contribution in [3.63, 3.8) is 0 Å². The summed E-state index contributed by atoms with van der Waals surface area (Å²) in [6.45, 7) is 11.4. The van der Waals surface area contributed by atoms with Crippen molar-refractivity contribution in [2.45, 2.75) is 71.6 Å². The summed E-state index contributed by atoms with van der Waals surface area (Å²) in [4.78, 5) is 26.9. The van der Waals surface area contributed by atoms with Crippen molar-refractivity contribution < 1.29 is 19.1 Å². The normalized spacial score (nSPS) is 20.5. The van der Waals surface area contributed by atoms with Gasteiger partial charge in [0, 0.05) is 11.0 Å². The molecule has 1 fully saturated rings. The van der Waals surface area contributed by atoms with Crippen LogP contribution < -0.4 is 0 Å². The van der Waals surface area contributed by atoms with Gasteiger partial charge in [0.15, 0.2) is 0 Å². The number of hydrogen-bond acceptors (Lipinski definition) is 4. The molecule has 1 amide bonds. The number of rotatable bonds is 3. The van der Waals surface area contributed by atoms with Crippen molar-refractivity contribution in [1.29, 1.82) is 0 Å². The number of nitrogens with zero attached hydrogens (tertiary/aromatic N) is 1. The second-order valence-electron chi connectivity index (χ2n) is 9.12. The standard InChI is InChI=1S/C21H30BrNO4/c1-20(2,3)26-18(24)17-12-15(10-14-8-7-9-16(22)11-14)13-23(17)19(25)27-21(4,5)6/h7-9,11,15,17H,10,12-13H2,1-6H3/t15-,17-/m0/s1. The highest BCUT2D eigenvalue weighted by atomic mass is 79.9. The molecule has 2 atom stereocenters. The molecule has 0 unspecified atom stereocenters. The van der Waals surface area contributed by atoms with Gasteiger partial charge in [-0.3, -0.25) is 4.90 Å². The smallest absolute Gasteiger partial charge is 0.411 e. The van der Waals surface area contributed by atoms with Crippen LogP contribution in [0.3, 0.4) is 0 Å². The summed E-state index contributed by atoms with van der Waals surface area (Å²) in [5, 5.41) is 0. The summed E-state index contributed by atoms with van der Waals surface area (Å²) in [7, 11) is 0. The number of ether oxygens (including phenoxy) is 2. The molecule has 150 valence electrons. The Balaban J connectivity index is 2.17. The van der Waals surface area contributed by atoms with Gasteiger partial charge in [-0.25, -0.2) is 9.59 Å². The van der Waals surface area contributed by atoms with Gasteiger partial charge in [0.1, 0.15) is 17.2 Å². The molecular weight excluding hydrogens is 410 g/mol. The lowest BCUT2D eigenvalue weighted by Crippen LogP contribution is -2.45. The molecular formula is C21H30BrNO4. The van der Waals surface area contributed by atoms with Gasteiger partial charge in [0.05, 0.1) is 0 Å². The number of likely N-dealkylation sites (tertiary alicyclic amines) is 1. The third-order valence-corrected chi connectivity index (χ3v) is 4.60. The molecule has 0 saturated carbocycles. The molecule has 0 aromatic heterocycles. The summed E-state index contributed by atoms with van der Waals surface area (Å²) >= 11 is 3.49. The maximum absolute atomic E-state index is 12.7. The Hall–Kier alpha value is -1.56. The van der Waals surface area contributed by atoms with Gasteiger partial charge in [-0.2, -0.15) is 0 Å². The molecule has 1 aliphatic rings. The van der Waals surface area contributed by atoms with E-state index in [0.29, 0.717) is 13.0 Å². The minimum Gasteiger partial charge on any atom is -0.458 e. The highest BCUT2D eigenvalue weighted by Crippen LogP contribution is 2.30. The van der Waals surface area contributed by atoms with Gasteiger partial charge in [0.2, 0.25) is 0 Å². The van der Waals surface area contributed by atoms with Crippen LogP contribution in [0.25, 0.3) is 0 Å². The average Bonchev–Trinajstić information content (AvgIpc) is 2.88. The summed E-state index contributed by atoms with van der Waals surface area (Å²) in [6.07, 6.45) is 0.897. The van der Waals surface area contributed by atoms with Crippen LogP contribution >= 0.6 is 15.9 Å². The predicted octanol–water partition coefficient (Wildman–Crippen LogP) is 4.96. The molecule has 0 spiro atoms. The van der Waals surface area contributed by atoms with Gasteiger partial charge in [-0.05, 0) is 78.0 Å². The van der Waals surface area contributed by atoms with Crippen LogP contribution in [0.2, 0.25) is 0 Å². The first-order valence-corrected chi connectivity index (χ1v) is 10.1. The van der Waals surface area contributed by atoms with E-state index in [1.807, 2.05) is 53.7 Å². The van der Waals surface area contributed by atoms with Crippen LogP contribution in [0, 0.1) is 5.92 Å². The fourth-order valence-corrected chi connectivity index (χ4v) is 3.63. The lowest BCUT2D eigenvalue weighted by Gasteiger charge is -2.29. The van der Waals surface area contributed by atoms with Gasteiger partial charge in [-0.15, -0.1) is 0 Å². The number of halogens is 1. The zero-order valence-electron chi connectivity index (χ0n) is 17.0. The molecule has 0 N–H and O–H groups in total. The molecule has 2 rings (SSSR count). The fraction of sp³-hybridized carbons (Fsp3) is 0.619. The predicted molar refractivity (Wildman–Crippen MR) is 109 cm³/mol. The van der Waals surface area contributed by atoms with Crippen LogP contribution in [0.5, 0.6) is 0 Å². The summed E-state index contributed by atoms with van der Waals surface area (Å²) < 4.78 is 12.1. The molecule has 1 aliphatic heterocycles. The highest BCUT2D eigenvalue weighted by molar-refractivity contribution is 9.10. The Bertz CT molecular complexity index is 654. The maximum atomic E-state index is 12.7. The largest absolute Gasteiger partial charge is 0.458 e. The minimum atomic E-state index is -0.615.